The van der Waals surface area contributed by atoms with Crippen molar-refractivity contribution in [2.75, 3.05) is 26.7 Å². The number of H-pyrrole nitrogens is 1. The molecule has 1 aliphatic heterocycles. The molecule has 2 atom stereocenters. The Bertz CT molecular complexity index is 497. The quantitative estimate of drug-likeness (QED) is 0.851. The van der Waals surface area contributed by atoms with Gasteiger partial charge in [0.2, 0.25) is 0 Å². The molecule has 1 aromatic heterocycles. The van der Waals surface area contributed by atoms with Crippen molar-refractivity contribution >= 4 is 0 Å². The fourth-order valence-electron chi connectivity index (χ4n) is 2.88. The van der Waals surface area contributed by atoms with E-state index < -0.39 is 0 Å². The smallest absolute Gasteiger partial charge is 0.255 e. The molecule has 0 saturated carbocycles. The molecule has 1 saturated heterocycles. The lowest BCUT2D eigenvalue weighted by molar-refractivity contribution is 0.381. The molecule has 1 aliphatic rings. The fourth-order valence-corrected chi connectivity index (χ4v) is 2.88. The minimum atomic E-state index is -0.0199. The zero-order chi connectivity index (χ0) is 14.0. The van der Waals surface area contributed by atoms with E-state index in [0.29, 0.717) is 11.7 Å². The van der Waals surface area contributed by atoms with Crippen LogP contribution in [0.25, 0.3) is 0 Å². The number of likely N-dealkylation sites (tertiary alicyclic amines) is 1. The zero-order valence-electron chi connectivity index (χ0n) is 12.3. The topological polar surface area (TPSA) is 61.0 Å². The van der Waals surface area contributed by atoms with Crippen molar-refractivity contribution in [1.29, 1.82) is 0 Å². The van der Waals surface area contributed by atoms with Crippen LogP contribution in [-0.2, 0) is 0 Å². The molecule has 1 aromatic rings. The van der Waals surface area contributed by atoms with Gasteiger partial charge < -0.3 is 15.2 Å². The third-order valence-electron chi connectivity index (χ3n) is 3.90. The average Bonchev–Trinajstić information content (AvgIpc) is 2.71. The number of hydrogen-bond donors (Lipinski definition) is 2. The second-order valence-electron chi connectivity index (χ2n) is 5.70. The maximum absolute atomic E-state index is 12.0. The molecule has 106 valence electrons. The van der Waals surface area contributed by atoms with Crippen LogP contribution in [0.4, 0.5) is 0 Å². The summed E-state index contributed by atoms with van der Waals surface area (Å²) in [5, 5.41) is 3.48. The monoisotopic (exact) mass is 264 g/mol. The van der Waals surface area contributed by atoms with Gasteiger partial charge >= 0.3 is 0 Å². The molecule has 0 bridgehead atoms. The molecular weight excluding hydrogens is 240 g/mol. The number of aromatic nitrogens is 2. The molecule has 2 rings (SSSR count). The van der Waals surface area contributed by atoms with E-state index in [1.165, 1.54) is 13.0 Å². The number of aryl methyl sites for hydroxylation is 2. The number of rotatable bonds is 4. The summed E-state index contributed by atoms with van der Waals surface area (Å²) in [7, 11) is 2.15. The van der Waals surface area contributed by atoms with Crippen LogP contribution in [-0.4, -0.2) is 41.5 Å². The summed E-state index contributed by atoms with van der Waals surface area (Å²) in [5.74, 6) is 1.36. The minimum absolute atomic E-state index is 0.0199. The Morgan fingerprint density at radius 2 is 2.26 bits per heavy atom. The van der Waals surface area contributed by atoms with Gasteiger partial charge in [-0.05, 0) is 53.2 Å². The van der Waals surface area contributed by atoms with Crippen LogP contribution >= 0.6 is 0 Å². The van der Waals surface area contributed by atoms with E-state index in [1.54, 1.807) is 0 Å². The maximum atomic E-state index is 12.0. The SMILES string of the molecule is Cc1nc(C)c(C(C)NCC2CCN(C)C2)c(=O)[nH]1. The van der Waals surface area contributed by atoms with E-state index in [0.717, 1.165) is 24.3 Å². The number of hydrogen-bond acceptors (Lipinski definition) is 4. The van der Waals surface area contributed by atoms with Crippen molar-refractivity contribution in [2.24, 2.45) is 5.92 Å². The van der Waals surface area contributed by atoms with Gasteiger partial charge in [-0.25, -0.2) is 4.98 Å². The highest BCUT2D eigenvalue weighted by Crippen LogP contribution is 2.16. The standard InChI is InChI=1S/C14H24N4O/c1-9(15-7-12-5-6-18(4)8-12)13-10(2)16-11(3)17-14(13)19/h9,12,15H,5-8H2,1-4H3,(H,16,17,19). The van der Waals surface area contributed by atoms with Crippen LogP contribution in [0.3, 0.4) is 0 Å². The Morgan fingerprint density at radius 3 is 2.84 bits per heavy atom. The first-order valence-electron chi connectivity index (χ1n) is 6.96. The summed E-state index contributed by atoms with van der Waals surface area (Å²) < 4.78 is 0. The van der Waals surface area contributed by atoms with Gasteiger partial charge in [-0.1, -0.05) is 0 Å². The van der Waals surface area contributed by atoms with Crippen LogP contribution in [0.1, 0.15) is 36.5 Å². The van der Waals surface area contributed by atoms with Crippen LogP contribution in [0, 0.1) is 19.8 Å². The van der Waals surface area contributed by atoms with Crippen LogP contribution in [0.15, 0.2) is 4.79 Å². The lowest BCUT2D eigenvalue weighted by atomic mass is 10.1. The molecule has 1 fully saturated rings. The predicted molar refractivity (Wildman–Crippen MR) is 76.4 cm³/mol. The van der Waals surface area contributed by atoms with Gasteiger partial charge in [0, 0.05) is 18.3 Å². The first-order chi connectivity index (χ1) is 8.97. The van der Waals surface area contributed by atoms with Crippen molar-refractivity contribution in [1.82, 2.24) is 20.2 Å². The molecule has 0 aliphatic carbocycles. The van der Waals surface area contributed by atoms with Crippen molar-refractivity contribution in [3.05, 3.63) is 27.4 Å². The lowest BCUT2D eigenvalue weighted by Crippen LogP contribution is -2.32. The lowest BCUT2D eigenvalue weighted by Gasteiger charge is -2.18. The Labute approximate surface area is 114 Å². The van der Waals surface area contributed by atoms with Crippen LogP contribution in [0.2, 0.25) is 0 Å². The average molecular weight is 264 g/mol. The molecular formula is C14H24N4O. The Balaban J connectivity index is 2.00. The highest BCUT2D eigenvalue weighted by molar-refractivity contribution is 5.19. The van der Waals surface area contributed by atoms with E-state index in [-0.39, 0.29) is 11.6 Å². The molecule has 0 radical (unpaired) electrons. The molecule has 0 spiro atoms. The summed E-state index contributed by atoms with van der Waals surface area (Å²) in [4.78, 5) is 21.5. The van der Waals surface area contributed by atoms with E-state index >= 15 is 0 Å². The summed E-state index contributed by atoms with van der Waals surface area (Å²) in [6.45, 7) is 9.02. The van der Waals surface area contributed by atoms with Crippen molar-refractivity contribution in [3.8, 4) is 0 Å². The molecule has 2 unspecified atom stereocenters. The Hall–Kier alpha value is -1.20. The molecule has 5 heteroatoms. The van der Waals surface area contributed by atoms with Gasteiger partial charge in [0.05, 0.1) is 5.56 Å². The molecule has 19 heavy (non-hydrogen) atoms. The van der Waals surface area contributed by atoms with Gasteiger partial charge in [0.15, 0.2) is 0 Å². The first kappa shape index (κ1) is 14.2. The first-order valence-corrected chi connectivity index (χ1v) is 6.96. The molecule has 0 amide bonds. The van der Waals surface area contributed by atoms with Gasteiger partial charge in [0.25, 0.3) is 5.56 Å². The van der Waals surface area contributed by atoms with Gasteiger partial charge in [-0.15, -0.1) is 0 Å². The number of nitrogens with one attached hydrogen (secondary N) is 2. The molecule has 2 heterocycles. The van der Waals surface area contributed by atoms with Gasteiger partial charge in [-0.2, -0.15) is 0 Å². The van der Waals surface area contributed by atoms with Crippen molar-refractivity contribution in [2.45, 2.75) is 33.2 Å². The third kappa shape index (κ3) is 3.42. The molecule has 0 aromatic carbocycles. The van der Waals surface area contributed by atoms with Crippen LogP contribution < -0.4 is 10.9 Å². The largest absolute Gasteiger partial charge is 0.310 e. The third-order valence-corrected chi connectivity index (χ3v) is 3.90. The fraction of sp³-hybridized carbons (Fsp3) is 0.714. The van der Waals surface area contributed by atoms with Crippen LogP contribution in [0.5, 0.6) is 0 Å². The highest BCUT2D eigenvalue weighted by Gasteiger charge is 2.21. The van der Waals surface area contributed by atoms with E-state index in [2.05, 4.69) is 27.2 Å². The minimum Gasteiger partial charge on any atom is -0.310 e. The maximum Gasteiger partial charge on any atom is 0.255 e. The summed E-state index contributed by atoms with van der Waals surface area (Å²) >= 11 is 0. The van der Waals surface area contributed by atoms with E-state index in [4.69, 9.17) is 0 Å². The second kappa shape index (κ2) is 5.84. The summed E-state index contributed by atoms with van der Waals surface area (Å²) in [6, 6.07) is 0.0442. The Morgan fingerprint density at radius 1 is 1.53 bits per heavy atom. The molecule has 5 nitrogen and oxygen atoms in total. The second-order valence-corrected chi connectivity index (χ2v) is 5.70. The van der Waals surface area contributed by atoms with Crippen molar-refractivity contribution < 1.29 is 0 Å². The predicted octanol–water partition coefficient (Wildman–Crippen LogP) is 0.989. The van der Waals surface area contributed by atoms with E-state index in [1.807, 2.05) is 20.8 Å². The Kier molecular flexibility index (Phi) is 4.37. The highest BCUT2D eigenvalue weighted by atomic mass is 16.1. The molecule has 2 N–H and O–H groups in total. The zero-order valence-corrected chi connectivity index (χ0v) is 12.3. The number of aromatic amines is 1. The normalized spacial score (nSPS) is 21.8. The summed E-state index contributed by atoms with van der Waals surface area (Å²) in [5.41, 5.74) is 1.57. The van der Waals surface area contributed by atoms with E-state index in [9.17, 15) is 4.79 Å². The van der Waals surface area contributed by atoms with Gasteiger partial charge in [0.1, 0.15) is 5.82 Å². The number of nitrogens with zero attached hydrogens (tertiary/aromatic N) is 2. The van der Waals surface area contributed by atoms with Crippen molar-refractivity contribution in [3.63, 3.8) is 0 Å². The summed E-state index contributed by atoms with van der Waals surface area (Å²) in [6.07, 6.45) is 1.23. The van der Waals surface area contributed by atoms with Gasteiger partial charge in [-0.3, -0.25) is 4.79 Å².